The molecule has 2 aromatic carbocycles. The number of hydrogen-bond donors (Lipinski definition) is 0. The number of hydrogen-bond acceptors (Lipinski definition) is 0. The summed E-state index contributed by atoms with van der Waals surface area (Å²) in [6, 6.07) is 19.8. The SMILES string of the molecule is C1=CC2=C(c3ccccc3)c3ccccc3[SiH2]C2=CC1. The van der Waals surface area contributed by atoms with Crippen molar-refractivity contribution < 1.29 is 0 Å². The molecule has 0 unspecified atom stereocenters. The van der Waals surface area contributed by atoms with Crippen molar-refractivity contribution in [2.45, 2.75) is 6.42 Å². The predicted octanol–water partition coefficient (Wildman–Crippen LogP) is 3.14. The lowest BCUT2D eigenvalue weighted by Gasteiger charge is -2.26. The van der Waals surface area contributed by atoms with E-state index in [1.807, 2.05) is 0 Å². The number of rotatable bonds is 1. The van der Waals surface area contributed by atoms with Crippen molar-refractivity contribution in [2.75, 3.05) is 0 Å². The van der Waals surface area contributed by atoms with Gasteiger partial charge in [-0.3, -0.25) is 0 Å². The first-order valence-corrected chi connectivity index (χ1v) is 8.59. The first-order chi connectivity index (χ1) is 9.93. The number of allylic oxidation sites excluding steroid dienone is 5. The van der Waals surface area contributed by atoms with Crippen molar-refractivity contribution >= 4 is 20.3 Å². The Bertz CT molecular complexity index is 748. The van der Waals surface area contributed by atoms with Crippen LogP contribution in [-0.4, -0.2) is 9.52 Å². The molecular weight excluding hydrogens is 256 g/mol. The average Bonchev–Trinajstić information content (AvgIpc) is 2.53. The van der Waals surface area contributed by atoms with Gasteiger partial charge in [0.1, 0.15) is 0 Å². The molecule has 1 aliphatic carbocycles. The summed E-state index contributed by atoms with van der Waals surface area (Å²) < 4.78 is 0. The van der Waals surface area contributed by atoms with Crippen LogP contribution in [0, 0.1) is 0 Å². The third-order valence-electron chi connectivity index (χ3n) is 4.13. The van der Waals surface area contributed by atoms with Crippen LogP contribution < -0.4 is 5.19 Å². The van der Waals surface area contributed by atoms with Crippen LogP contribution in [0.15, 0.2) is 83.6 Å². The van der Waals surface area contributed by atoms with E-state index in [9.17, 15) is 0 Å². The molecule has 0 radical (unpaired) electrons. The Hall–Kier alpha value is -2.12. The molecule has 0 amide bonds. The monoisotopic (exact) mass is 272 g/mol. The maximum Gasteiger partial charge on any atom is 0.0887 e. The number of benzene rings is 2. The van der Waals surface area contributed by atoms with E-state index in [4.69, 9.17) is 0 Å². The first kappa shape index (κ1) is 11.7. The predicted molar refractivity (Wildman–Crippen MR) is 88.9 cm³/mol. The van der Waals surface area contributed by atoms with Crippen LogP contribution in [0.25, 0.3) is 5.57 Å². The summed E-state index contributed by atoms with van der Waals surface area (Å²) in [5.41, 5.74) is 5.67. The topological polar surface area (TPSA) is 0 Å². The van der Waals surface area contributed by atoms with Gasteiger partial charge in [0.25, 0.3) is 0 Å². The van der Waals surface area contributed by atoms with E-state index < -0.39 is 0 Å². The van der Waals surface area contributed by atoms with Gasteiger partial charge in [-0.25, -0.2) is 0 Å². The smallest absolute Gasteiger partial charge is 0.0811 e. The quantitative estimate of drug-likeness (QED) is 0.700. The second kappa shape index (κ2) is 4.77. The van der Waals surface area contributed by atoms with Gasteiger partial charge in [0.15, 0.2) is 0 Å². The van der Waals surface area contributed by atoms with Crippen LogP contribution in [0.2, 0.25) is 0 Å². The van der Waals surface area contributed by atoms with E-state index in [-0.39, 0.29) is 9.52 Å². The summed E-state index contributed by atoms with van der Waals surface area (Å²) in [7, 11) is -0.321. The van der Waals surface area contributed by atoms with Gasteiger partial charge in [0, 0.05) is 0 Å². The zero-order chi connectivity index (χ0) is 13.4. The fourth-order valence-electron chi connectivity index (χ4n) is 3.21. The summed E-state index contributed by atoms with van der Waals surface area (Å²) in [6.45, 7) is 0. The Kier molecular flexibility index (Phi) is 2.78. The third-order valence-corrected chi connectivity index (χ3v) is 6.18. The van der Waals surface area contributed by atoms with E-state index in [0.29, 0.717) is 0 Å². The second-order valence-electron chi connectivity index (χ2n) is 5.36. The molecule has 1 heteroatoms. The zero-order valence-electron chi connectivity index (χ0n) is 11.3. The molecule has 2 aromatic rings. The van der Waals surface area contributed by atoms with Gasteiger partial charge in [-0.1, -0.05) is 83.2 Å². The minimum Gasteiger partial charge on any atom is -0.0811 e. The van der Waals surface area contributed by atoms with Crippen LogP contribution in [0.3, 0.4) is 0 Å². The minimum absolute atomic E-state index is 0.321. The van der Waals surface area contributed by atoms with E-state index in [1.54, 1.807) is 10.4 Å². The fourth-order valence-corrected chi connectivity index (χ4v) is 5.15. The molecule has 0 saturated carbocycles. The molecule has 4 rings (SSSR count). The largest absolute Gasteiger partial charge is 0.0887 e. The van der Waals surface area contributed by atoms with Gasteiger partial charge in [-0.05, 0) is 28.7 Å². The van der Waals surface area contributed by atoms with Crippen molar-refractivity contribution in [1.82, 2.24) is 0 Å². The molecule has 0 fully saturated rings. The molecule has 0 N–H and O–H groups in total. The average molecular weight is 272 g/mol. The molecule has 1 heterocycles. The molecule has 0 spiro atoms. The molecule has 0 aromatic heterocycles. The molecule has 96 valence electrons. The van der Waals surface area contributed by atoms with Gasteiger partial charge in [-0.15, -0.1) is 0 Å². The van der Waals surface area contributed by atoms with Crippen molar-refractivity contribution in [2.24, 2.45) is 0 Å². The molecule has 0 atom stereocenters. The van der Waals surface area contributed by atoms with E-state index in [2.05, 4.69) is 72.8 Å². The summed E-state index contributed by atoms with van der Waals surface area (Å²) in [5, 5.41) is 3.20. The molecule has 0 saturated heterocycles. The standard InChI is InChI=1S/C19H16Si/c1-2-8-14(9-3-1)19-15-10-4-6-12-17(15)20-18-13-7-5-11-16(18)19/h1-6,8-13H,7,20H2. The Morgan fingerprint density at radius 3 is 2.55 bits per heavy atom. The van der Waals surface area contributed by atoms with Gasteiger partial charge < -0.3 is 0 Å². The summed E-state index contributed by atoms with van der Waals surface area (Å²) in [5.74, 6) is 0. The number of fused-ring (bicyclic) bond motifs is 2. The first-order valence-electron chi connectivity index (χ1n) is 7.17. The van der Waals surface area contributed by atoms with Gasteiger partial charge in [0.05, 0.1) is 9.52 Å². The molecule has 2 aliphatic rings. The highest BCUT2D eigenvalue weighted by Gasteiger charge is 2.22. The lowest BCUT2D eigenvalue weighted by atomic mass is 9.90. The Morgan fingerprint density at radius 1 is 0.850 bits per heavy atom. The van der Waals surface area contributed by atoms with Gasteiger partial charge >= 0.3 is 0 Å². The minimum atomic E-state index is -0.321. The van der Waals surface area contributed by atoms with Crippen LogP contribution in [-0.2, 0) is 0 Å². The highest BCUT2D eigenvalue weighted by molar-refractivity contribution is 6.65. The van der Waals surface area contributed by atoms with Crippen LogP contribution in [0.4, 0.5) is 0 Å². The summed E-state index contributed by atoms with van der Waals surface area (Å²) >= 11 is 0. The zero-order valence-corrected chi connectivity index (χ0v) is 12.8. The molecular formula is C19H16Si. The molecule has 1 aliphatic heterocycles. The van der Waals surface area contributed by atoms with Crippen LogP contribution >= 0.6 is 0 Å². The lowest BCUT2D eigenvalue weighted by molar-refractivity contribution is 1.31. The molecule has 20 heavy (non-hydrogen) atoms. The van der Waals surface area contributed by atoms with Crippen molar-refractivity contribution in [3.8, 4) is 0 Å². The third kappa shape index (κ3) is 1.83. The molecule has 0 nitrogen and oxygen atoms in total. The van der Waals surface area contributed by atoms with Crippen molar-refractivity contribution in [3.05, 3.63) is 94.7 Å². The van der Waals surface area contributed by atoms with E-state index in [0.717, 1.165) is 6.42 Å². The lowest BCUT2D eigenvalue weighted by Crippen LogP contribution is -2.27. The van der Waals surface area contributed by atoms with Crippen molar-refractivity contribution in [1.29, 1.82) is 0 Å². The summed E-state index contributed by atoms with van der Waals surface area (Å²) in [4.78, 5) is 0. The van der Waals surface area contributed by atoms with E-state index >= 15 is 0 Å². The normalized spacial score (nSPS) is 17.7. The summed E-state index contributed by atoms with van der Waals surface area (Å²) in [6.07, 6.45) is 8.14. The maximum absolute atomic E-state index is 2.43. The van der Waals surface area contributed by atoms with Gasteiger partial charge in [-0.2, -0.15) is 0 Å². The highest BCUT2D eigenvalue weighted by Crippen LogP contribution is 2.34. The Balaban J connectivity index is 2.03. The maximum atomic E-state index is 2.43. The van der Waals surface area contributed by atoms with Crippen LogP contribution in [0.1, 0.15) is 17.5 Å². The van der Waals surface area contributed by atoms with Crippen molar-refractivity contribution in [3.63, 3.8) is 0 Å². The molecule has 0 bridgehead atoms. The Morgan fingerprint density at radius 2 is 1.65 bits per heavy atom. The van der Waals surface area contributed by atoms with Crippen LogP contribution in [0.5, 0.6) is 0 Å². The van der Waals surface area contributed by atoms with E-state index in [1.165, 1.54) is 22.3 Å². The van der Waals surface area contributed by atoms with Gasteiger partial charge in [0.2, 0.25) is 0 Å². The second-order valence-corrected chi connectivity index (χ2v) is 7.23. The Labute approximate surface area is 122 Å². The highest BCUT2D eigenvalue weighted by atomic mass is 28.2. The fraction of sp³-hybridized carbons (Fsp3) is 0.0526.